The predicted molar refractivity (Wildman–Crippen MR) is 131 cm³/mol. The van der Waals surface area contributed by atoms with Gasteiger partial charge in [0.2, 0.25) is 0 Å². The smallest absolute Gasteiger partial charge is 0.335 e. The molecule has 0 saturated carbocycles. The molecule has 1 aliphatic rings. The highest BCUT2D eigenvalue weighted by Gasteiger charge is 2.36. The maximum atomic E-state index is 13.1. The summed E-state index contributed by atoms with van der Waals surface area (Å²) in [5.41, 5.74) is 2.77. The molecule has 0 radical (unpaired) electrons. The van der Waals surface area contributed by atoms with Gasteiger partial charge in [-0.3, -0.25) is 14.9 Å². The maximum Gasteiger partial charge on any atom is 0.335 e. The van der Waals surface area contributed by atoms with Crippen LogP contribution in [-0.4, -0.2) is 17.8 Å². The Labute approximate surface area is 203 Å². The van der Waals surface area contributed by atoms with E-state index in [9.17, 15) is 18.8 Å². The summed E-state index contributed by atoms with van der Waals surface area (Å²) in [6, 6.07) is 19.3. The zero-order valence-corrected chi connectivity index (χ0v) is 19.5. The summed E-state index contributed by atoms with van der Waals surface area (Å²) in [5.74, 6) is -0.810. The number of halogens is 1. The average Bonchev–Trinajstić information content (AvgIpc) is 2.87. The van der Waals surface area contributed by atoms with Gasteiger partial charge in [-0.1, -0.05) is 50.2 Å². The number of imide groups is 2. The van der Waals surface area contributed by atoms with Gasteiger partial charge in [0, 0.05) is 0 Å². The number of anilines is 1. The Kier molecular flexibility index (Phi) is 7.06. The third-order valence-corrected chi connectivity index (χ3v) is 5.94. The van der Waals surface area contributed by atoms with Crippen molar-refractivity contribution in [1.29, 1.82) is 0 Å². The Morgan fingerprint density at radius 3 is 2.23 bits per heavy atom. The van der Waals surface area contributed by atoms with Crippen LogP contribution >= 0.6 is 0 Å². The van der Waals surface area contributed by atoms with Crippen molar-refractivity contribution < 1.29 is 23.5 Å². The second-order valence-electron chi connectivity index (χ2n) is 8.34. The zero-order chi connectivity index (χ0) is 24.9. The Balaban J connectivity index is 1.50. The zero-order valence-electron chi connectivity index (χ0n) is 19.5. The van der Waals surface area contributed by atoms with Gasteiger partial charge in [-0.25, -0.2) is 14.1 Å². The molecule has 1 N–H and O–H groups in total. The number of rotatable bonds is 7. The van der Waals surface area contributed by atoms with Crippen LogP contribution in [0.5, 0.6) is 5.75 Å². The molecular formula is C28H25FN2O4. The van der Waals surface area contributed by atoms with Crippen LogP contribution in [0.1, 0.15) is 42.9 Å². The van der Waals surface area contributed by atoms with Gasteiger partial charge < -0.3 is 4.74 Å². The molecule has 0 bridgehead atoms. The van der Waals surface area contributed by atoms with E-state index >= 15 is 0 Å². The SMILES string of the molecule is CCC(C)c1ccc(N2C(=O)NC(=O)/C(=C\c3ccc(OCc4ccc(F)cc4)cc3)C2=O)cc1. The van der Waals surface area contributed by atoms with Crippen molar-refractivity contribution in [3.8, 4) is 5.75 Å². The first-order valence-corrected chi connectivity index (χ1v) is 11.3. The molecule has 0 aliphatic carbocycles. The number of urea groups is 1. The van der Waals surface area contributed by atoms with E-state index in [4.69, 9.17) is 4.74 Å². The quantitative estimate of drug-likeness (QED) is 0.360. The van der Waals surface area contributed by atoms with Crippen molar-refractivity contribution in [3.63, 3.8) is 0 Å². The van der Waals surface area contributed by atoms with Crippen molar-refractivity contribution in [2.24, 2.45) is 0 Å². The first-order valence-electron chi connectivity index (χ1n) is 11.3. The van der Waals surface area contributed by atoms with Gasteiger partial charge in [-0.05, 0) is 71.5 Å². The second-order valence-corrected chi connectivity index (χ2v) is 8.34. The Morgan fingerprint density at radius 2 is 1.60 bits per heavy atom. The number of nitrogens with zero attached hydrogens (tertiary/aromatic N) is 1. The highest BCUT2D eigenvalue weighted by molar-refractivity contribution is 6.39. The number of hydrogen-bond donors (Lipinski definition) is 1. The second kappa shape index (κ2) is 10.3. The minimum absolute atomic E-state index is 0.143. The van der Waals surface area contributed by atoms with Crippen LogP contribution in [0.25, 0.3) is 6.08 Å². The fourth-order valence-electron chi connectivity index (χ4n) is 3.65. The predicted octanol–water partition coefficient (Wildman–Crippen LogP) is 5.58. The molecule has 7 heteroatoms. The lowest BCUT2D eigenvalue weighted by molar-refractivity contribution is -0.122. The molecule has 1 unspecified atom stereocenters. The normalized spacial score (nSPS) is 15.8. The van der Waals surface area contributed by atoms with Gasteiger partial charge in [0.1, 0.15) is 23.7 Å². The van der Waals surface area contributed by atoms with Gasteiger partial charge in [0.05, 0.1) is 5.69 Å². The van der Waals surface area contributed by atoms with E-state index in [1.165, 1.54) is 18.2 Å². The third-order valence-electron chi connectivity index (χ3n) is 5.94. The standard InChI is InChI=1S/C28H25FN2O4/c1-3-18(2)21-8-12-23(13-9-21)31-27(33)25(26(32)30-28(31)34)16-19-6-14-24(15-7-19)35-17-20-4-10-22(29)11-5-20/h4-16,18H,3,17H2,1-2H3,(H,30,32,34)/b25-16+. The summed E-state index contributed by atoms with van der Waals surface area (Å²) in [5, 5.41) is 2.24. The van der Waals surface area contributed by atoms with Crippen molar-refractivity contribution >= 4 is 29.6 Å². The summed E-state index contributed by atoms with van der Waals surface area (Å²) >= 11 is 0. The van der Waals surface area contributed by atoms with E-state index < -0.39 is 17.8 Å². The Bertz CT molecular complexity index is 1270. The highest BCUT2D eigenvalue weighted by atomic mass is 19.1. The molecule has 6 nitrogen and oxygen atoms in total. The highest BCUT2D eigenvalue weighted by Crippen LogP contribution is 2.26. The number of carbonyl (C=O) groups excluding carboxylic acids is 3. The number of hydrogen-bond acceptors (Lipinski definition) is 4. The lowest BCUT2D eigenvalue weighted by Gasteiger charge is -2.26. The monoisotopic (exact) mass is 472 g/mol. The van der Waals surface area contributed by atoms with E-state index in [2.05, 4.69) is 19.2 Å². The number of ether oxygens (including phenoxy) is 1. The fraction of sp³-hybridized carbons (Fsp3) is 0.179. The molecular weight excluding hydrogens is 447 g/mol. The van der Waals surface area contributed by atoms with Crippen LogP contribution in [0.4, 0.5) is 14.9 Å². The van der Waals surface area contributed by atoms with E-state index in [1.54, 1.807) is 48.5 Å². The van der Waals surface area contributed by atoms with Crippen molar-refractivity contribution in [2.45, 2.75) is 32.8 Å². The van der Waals surface area contributed by atoms with Crippen LogP contribution < -0.4 is 15.0 Å². The van der Waals surface area contributed by atoms with E-state index in [0.717, 1.165) is 22.4 Å². The van der Waals surface area contributed by atoms with Gasteiger partial charge in [0.15, 0.2) is 0 Å². The lowest BCUT2D eigenvalue weighted by atomic mass is 9.98. The van der Waals surface area contributed by atoms with Gasteiger partial charge in [0.25, 0.3) is 11.8 Å². The molecule has 4 amide bonds. The fourth-order valence-corrected chi connectivity index (χ4v) is 3.65. The van der Waals surface area contributed by atoms with Crippen LogP contribution in [-0.2, 0) is 16.2 Å². The lowest BCUT2D eigenvalue weighted by Crippen LogP contribution is -2.54. The Hall–Kier alpha value is -4.26. The summed E-state index contributed by atoms with van der Waals surface area (Å²) in [7, 11) is 0. The summed E-state index contributed by atoms with van der Waals surface area (Å²) in [6.45, 7) is 4.47. The minimum atomic E-state index is -0.780. The van der Waals surface area contributed by atoms with Crippen LogP contribution in [0.3, 0.4) is 0 Å². The average molecular weight is 473 g/mol. The number of amides is 4. The largest absolute Gasteiger partial charge is 0.489 e. The minimum Gasteiger partial charge on any atom is -0.489 e. The van der Waals surface area contributed by atoms with Crippen LogP contribution in [0.2, 0.25) is 0 Å². The molecule has 35 heavy (non-hydrogen) atoms. The van der Waals surface area contributed by atoms with Gasteiger partial charge >= 0.3 is 6.03 Å². The van der Waals surface area contributed by atoms with Crippen molar-refractivity contribution in [3.05, 3.63) is 101 Å². The Morgan fingerprint density at radius 1 is 0.943 bits per heavy atom. The van der Waals surface area contributed by atoms with Crippen LogP contribution in [0.15, 0.2) is 78.4 Å². The maximum absolute atomic E-state index is 13.1. The van der Waals surface area contributed by atoms with Gasteiger partial charge in [-0.15, -0.1) is 0 Å². The topological polar surface area (TPSA) is 75.7 Å². The van der Waals surface area contributed by atoms with Crippen LogP contribution in [0, 0.1) is 5.82 Å². The van der Waals surface area contributed by atoms with E-state index in [-0.39, 0.29) is 18.0 Å². The number of benzene rings is 3. The molecule has 3 aromatic carbocycles. The summed E-state index contributed by atoms with van der Waals surface area (Å²) in [4.78, 5) is 38.9. The summed E-state index contributed by atoms with van der Waals surface area (Å²) < 4.78 is 18.7. The third kappa shape index (κ3) is 5.46. The summed E-state index contributed by atoms with van der Waals surface area (Å²) in [6.07, 6.45) is 2.41. The molecule has 1 heterocycles. The van der Waals surface area contributed by atoms with Crippen molar-refractivity contribution in [2.75, 3.05) is 4.90 Å². The molecule has 1 aliphatic heterocycles. The number of nitrogens with one attached hydrogen (secondary N) is 1. The van der Waals surface area contributed by atoms with Gasteiger partial charge in [-0.2, -0.15) is 0 Å². The molecule has 3 aromatic rings. The molecule has 4 rings (SSSR count). The first-order chi connectivity index (χ1) is 16.9. The van der Waals surface area contributed by atoms with Crippen molar-refractivity contribution in [1.82, 2.24) is 5.32 Å². The van der Waals surface area contributed by atoms with E-state index in [0.29, 0.717) is 22.9 Å². The molecule has 0 spiro atoms. The molecule has 1 saturated heterocycles. The van der Waals surface area contributed by atoms with E-state index in [1.807, 2.05) is 12.1 Å². The number of carbonyl (C=O) groups is 3. The molecule has 0 aromatic heterocycles. The molecule has 178 valence electrons. The first kappa shape index (κ1) is 23.9. The molecule has 1 fully saturated rings. The number of barbiturate groups is 1. The molecule has 1 atom stereocenters.